The van der Waals surface area contributed by atoms with Crippen LogP contribution in [0.1, 0.15) is 46.7 Å². The highest BCUT2D eigenvalue weighted by Gasteiger charge is 2.35. The number of fused-ring (bicyclic) bond motifs is 2. The third-order valence-electron chi connectivity index (χ3n) is 5.28. The molecule has 1 atom stereocenters. The van der Waals surface area contributed by atoms with E-state index in [2.05, 4.69) is 87.6 Å². The van der Waals surface area contributed by atoms with Crippen molar-refractivity contribution < 1.29 is 0 Å². The van der Waals surface area contributed by atoms with E-state index in [0.717, 1.165) is 17.6 Å². The number of allylic oxidation sites excluding steroid dienone is 3. The van der Waals surface area contributed by atoms with Crippen LogP contribution in [0.2, 0.25) is 0 Å². The van der Waals surface area contributed by atoms with E-state index in [0.29, 0.717) is 6.17 Å². The number of aromatic nitrogens is 2. The standard InChI is InChI=1S/C22H28N4/c1-21(2,3)20-23-15-18-12-16(9-11-25(18)20)14-22(4,5)19-13-17-8-6-7-10-26(17)24-19/h6-13,15,20,23H,14H2,1-5H3. The minimum atomic E-state index is -0.0274. The predicted octanol–water partition coefficient (Wildman–Crippen LogP) is 4.57. The summed E-state index contributed by atoms with van der Waals surface area (Å²) in [6.45, 7) is 11.3. The van der Waals surface area contributed by atoms with Crippen molar-refractivity contribution >= 4 is 5.52 Å². The fourth-order valence-corrected chi connectivity index (χ4v) is 3.82. The second kappa shape index (κ2) is 5.76. The molecule has 2 aromatic heterocycles. The molecule has 0 saturated heterocycles. The summed E-state index contributed by atoms with van der Waals surface area (Å²) in [5.74, 6) is 0. The molecule has 0 aromatic carbocycles. The summed E-state index contributed by atoms with van der Waals surface area (Å²) in [5, 5.41) is 8.31. The number of rotatable bonds is 3. The zero-order valence-corrected chi connectivity index (χ0v) is 16.3. The van der Waals surface area contributed by atoms with Crippen molar-refractivity contribution in [1.29, 1.82) is 0 Å². The summed E-state index contributed by atoms with van der Waals surface area (Å²) in [5.41, 5.74) is 5.00. The maximum Gasteiger partial charge on any atom is 0.108 e. The lowest BCUT2D eigenvalue weighted by Crippen LogP contribution is -2.44. The van der Waals surface area contributed by atoms with Gasteiger partial charge in [0.2, 0.25) is 0 Å². The molecule has 2 aromatic rings. The average molecular weight is 348 g/mol. The van der Waals surface area contributed by atoms with Crippen LogP contribution in [0.25, 0.3) is 5.52 Å². The van der Waals surface area contributed by atoms with E-state index in [1.165, 1.54) is 11.3 Å². The first-order chi connectivity index (χ1) is 12.2. The first-order valence-corrected chi connectivity index (χ1v) is 9.32. The first kappa shape index (κ1) is 17.0. The number of hydrogen-bond donors (Lipinski definition) is 1. The van der Waals surface area contributed by atoms with Crippen LogP contribution in [0, 0.1) is 5.41 Å². The Hall–Kier alpha value is -2.49. The van der Waals surface area contributed by atoms with E-state index in [1.54, 1.807) is 0 Å². The van der Waals surface area contributed by atoms with Gasteiger partial charge in [0.1, 0.15) is 6.17 Å². The van der Waals surface area contributed by atoms with Gasteiger partial charge in [-0.1, -0.05) is 40.7 Å². The normalized spacial score (nSPS) is 20.0. The van der Waals surface area contributed by atoms with E-state index in [-0.39, 0.29) is 10.8 Å². The van der Waals surface area contributed by atoms with E-state index < -0.39 is 0 Å². The second-order valence-corrected chi connectivity index (χ2v) is 9.11. The van der Waals surface area contributed by atoms with Crippen molar-refractivity contribution in [3.05, 3.63) is 72.0 Å². The van der Waals surface area contributed by atoms with Gasteiger partial charge in [0, 0.05) is 29.4 Å². The molecule has 2 aliphatic heterocycles. The minimum absolute atomic E-state index is 0.0274. The summed E-state index contributed by atoms with van der Waals surface area (Å²) >= 11 is 0. The van der Waals surface area contributed by atoms with Gasteiger partial charge >= 0.3 is 0 Å². The predicted molar refractivity (Wildman–Crippen MR) is 106 cm³/mol. The molecule has 0 spiro atoms. The molecule has 0 saturated carbocycles. The van der Waals surface area contributed by atoms with Crippen molar-refractivity contribution in [2.24, 2.45) is 5.41 Å². The Balaban J connectivity index is 1.55. The van der Waals surface area contributed by atoms with E-state index in [9.17, 15) is 0 Å². The fourth-order valence-electron chi connectivity index (χ4n) is 3.82. The van der Waals surface area contributed by atoms with Crippen molar-refractivity contribution in [3.63, 3.8) is 0 Å². The van der Waals surface area contributed by atoms with E-state index in [4.69, 9.17) is 5.10 Å². The largest absolute Gasteiger partial charge is 0.369 e. The molecule has 4 heterocycles. The fraction of sp³-hybridized carbons (Fsp3) is 0.409. The van der Waals surface area contributed by atoms with Gasteiger partial charge in [-0.05, 0) is 42.3 Å². The van der Waals surface area contributed by atoms with E-state index >= 15 is 0 Å². The molecule has 4 rings (SSSR count). The Bertz CT molecular complexity index is 888. The van der Waals surface area contributed by atoms with Gasteiger partial charge < -0.3 is 10.2 Å². The second-order valence-electron chi connectivity index (χ2n) is 9.11. The smallest absolute Gasteiger partial charge is 0.108 e. The molecule has 136 valence electrons. The van der Waals surface area contributed by atoms with Crippen molar-refractivity contribution in [2.75, 3.05) is 0 Å². The van der Waals surface area contributed by atoms with Gasteiger partial charge in [0.05, 0.1) is 16.9 Å². The SMILES string of the molecule is CC(C)(CC1=CC2=CNC(C(C)(C)C)N2C=C1)c1cc2ccccn2n1. The molecule has 0 bridgehead atoms. The number of hydrogen-bond acceptors (Lipinski definition) is 3. The molecular formula is C22H28N4. The van der Waals surface area contributed by atoms with E-state index in [1.807, 2.05) is 16.8 Å². The molecule has 4 heteroatoms. The Morgan fingerprint density at radius 1 is 1.15 bits per heavy atom. The maximum absolute atomic E-state index is 4.79. The Kier molecular flexibility index (Phi) is 3.76. The molecule has 2 aliphatic rings. The molecule has 0 amide bonds. The molecule has 4 nitrogen and oxygen atoms in total. The highest BCUT2D eigenvalue weighted by molar-refractivity contribution is 5.49. The maximum atomic E-state index is 4.79. The zero-order chi connectivity index (χ0) is 18.5. The Morgan fingerprint density at radius 2 is 1.96 bits per heavy atom. The van der Waals surface area contributed by atoms with Gasteiger partial charge in [0.15, 0.2) is 0 Å². The lowest BCUT2D eigenvalue weighted by atomic mass is 9.81. The van der Waals surface area contributed by atoms with Crippen LogP contribution in [-0.4, -0.2) is 20.7 Å². The van der Waals surface area contributed by atoms with Gasteiger partial charge in [0.25, 0.3) is 0 Å². The van der Waals surface area contributed by atoms with Gasteiger partial charge in [-0.3, -0.25) is 0 Å². The summed E-state index contributed by atoms with van der Waals surface area (Å²) in [7, 11) is 0. The van der Waals surface area contributed by atoms with Crippen LogP contribution < -0.4 is 5.32 Å². The Labute approximate surface area is 155 Å². The summed E-state index contributed by atoms with van der Waals surface area (Å²) in [6.07, 6.45) is 12.2. The molecule has 0 aliphatic carbocycles. The summed E-state index contributed by atoms with van der Waals surface area (Å²) in [6, 6.07) is 8.38. The molecule has 0 fully saturated rings. The highest BCUT2D eigenvalue weighted by Crippen LogP contribution is 2.36. The Morgan fingerprint density at radius 3 is 2.69 bits per heavy atom. The lowest BCUT2D eigenvalue weighted by Gasteiger charge is -2.36. The number of pyridine rings is 1. The molecular weight excluding hydrogens is 320 g/mol. The molecule has 26 heavy (non-hydrogen) atoms. The molecule has 1 unspecified atom stereocenters. The third kappa shape index (κ3) is 2.94. The van der Waals surface area contributed by atoms with Crippen LogP contribution in [-0.2, 0) is 5.41 Å². The van der Waals surface area contributed by atoms with Crippen LogP contribution in [0.5, 0.6) is 0 Å². The van der Waals surface area contributed by atoms with Crippen molar-refractivity contribution in [2.45, 2.75) is 52.6 Å². The molecule has 0 radical (unpaired) electrons. The van der Waals surface area contributed by atoms with Gasteiger partial charge in [-0.2, -0.15) is 5.10 Å². The minimum Gasteiger partial charge on any atom is -0.369 e. The van der Waals surface area contributed by atoms with Gasteiger partial charge in [-0.15, -0.1) is 0 Å². The zero-order valence-electron chi connectivity index (χ0n) is 16.3. The van der Waals surface area contributed by atoms with Crippen LogP contribution in [0.3, 0.4) is 0 Å². The monoisotopic (exact) mass is 348 g/mol. The summed E-state index contributed by atoms with van der Waals surface area (Å²) < 4.78 is 1.96. The lowest BCUT2D eigenvalue weighted by molar-refractivity contribution is 0.178. The first-order valence-electron chi connectivity index (χ1n) is 9.32. The van der Waals surface area contributed by atoms with Crippen molar-refractivity contribution in [1.82, 2.24) is 19.8 Å². The van der Waals surface area contributed by atoms with Crippen molar-refractivity contribution in [3.8, 4) is 0 Å². The van der Waals surface area contributed by atoms with Crippen LogP contribution in [0.4, 0.5) is 0 Å². The number of nitrogens with zero attached hydrogens (tertiary/aromatic N) is 3. The van der Waals surface area contributed by atoms with Crippen LogP contribution in [0.15, 0.2) is 66.3 Å². The molecule has 1 N–H and O–H groups in total. The number of nitrogens with one attached hydrogen (secondary N) is 1. The highest BCUT2D eigenvalue weighted by atomic mass is 15.3. The quantitative estimate of drug-likeness (QED) is 0.881. The third-order valence-corrected chi connectivity index (χ3v) is 5.28. The topological polar surface area (TPSA) is 32.6 Å². The van der Waals surface area contributed by atoms with Gasteiger partial charge in [-0.25, -0.2) is 4.52 Å². The van der Waals surface area contributed by atoms with Crippen LogP contribution >= 0.6 is 0 Å². The average Bonchev–Trinajstić information content (AvgIpc) is 3.18. The summed E-state index contributed by atoms with van der Waals surface area (Å²) in [4.78, 5) is 2.33.